The van der Waals surface area contributed by atoms with Gasteiger partial charge in [-0.1, -0.05) is 29.3 Å². The highest BCUT2D eigenvalue weighted by Gasteiger charge is 2.20. The lowest BCUT2D eigenvalue weighted by atomic mass is 9.96. The van der Waals surface area contributed by atoms with E-state index in [0.717, 1.165) is 36.4 Å². The lowest BCUT2D eigenvalue weighted by Crippen LogP contribution is -2.38. The fraction of sp³-hybridized carbons (Fsp3) is 0.333. The second-order valence-electron chi connectivity index (χ2n) is 8.55. The van der Waals surface area contributed by atoms with Gasteiger partial charge in [0.2, 0.25) is 0 Å². The van der Waals surface area contributed by atoms with E-state index >= 15 is 0 Å². The first kappa shape index (κ1) is 25.7. The second-order valence-corrected chi connectivity index (χ2v) is 10.2. The van der Waals surface area contributed by atoms with E-state index in [-0.39, 0.29) is 5.91 Å². The molecule has 2 aromatic carbocycles. The summed E-state index contributed by atoms with van der Waals surface area (Å²) in [5, 5.41) is 4.37. The van der Waals surface area contributed by atoms with Crippen LogP contribution in [-0.2, 0) is 6.42 Å². The van der Waals surface area contributed by atoms with Gasteiger partial charge in [-0.05, 0) is 73.0 Å². The van der Waals surface area contributed by atoms with Crippen molar-refractivity contribution in [2.75, 3.05) is 37.4 Å². The maximum atomic E-state index is 12.9. The molecule has 0 spiro atoms. The number of halogens is 2. The molecule has 35 heavy (non-hydrogen) atoms. The summed E-state index contributed by atoms with van der Waals surface area (Å²) < 4.78 is 6.05. The number of anilines is 1. The predicted molar refractivity (Wildman–Crippen MR) is 145 cm³/mol. The molecule has 1 saturated heterocycles. The lowest BCUT2D eigenvalue weighted by Gasteiger charge is -2.33. The molecule has 0 unspecified atom stereocenters. The predicted octanol–water partition coefficient (Wildman–Crippen LogP) is 6.38. The maximum absolute atomic E-state index is 12.9. The number of thioether (sulfide) groups is 1. The van der Waals surface area contributed by atoms with Crippen LogP contribution >= 0.6 is 35.0 Å². The van der Waals surface area contributed by atoms with Crippen LogP contribution in [0, 0.1) is 5.92 Å². The Hall–Kier alpha value is -2.41. The van der Waals surface area contributed by atoms with E-state index in [1.807, 2.05) is 61.1 Å². The van der Waals surface area contributed by atoms with Crippen molar-refractivity contribution in [3.05, 3.63) is 82.1 Å². The van der Waals surface area contributed by atoms with E-state index in [1.165, 1.54) is 5.69 Å². The summed E-state index contributed by atoms with van der Waals surface area (Å²) in [5.74, 6) is 1.11. The highest BCUT2D eigenvalue weighted by Crippen LogP contribution is 2.30. The molecule has 0 bridgehead atoms. The van der Waals surface area contributed by atoms with E-state index in [0.29, 0.717) is 46.8 Å². The van der Waals surface area contributed by atoms with Gasteiger partial charge in [-0.3, -0.25) is 9.78 Å². The average molecular weight is 531 g/mol. The van der Waals surface area contributed by atoms with Crippen LogP contribution in [0.3, 0.4) is 0 Å². The Bertz CT molecular complexity index is 1140. The summed E-state index contributed by atoms with van der Waals surface area (Å²) in [6, 6.07) is 15.2. The van der Waals surface area contributed by atoms with Gasteiger partial charge in [0.25, 0.3) is 5.91 Å². The number of benzene rings is 2. The minimum Gasteiger partial charge on any atom is -0.492 e. The lowest BCUT2D eigenvalue weighted by molar-refractivity contribution is 0.0944. The van der Waals surface area contributed by atoms with Gasteiger partial charge in [0.1, 0.15) is 5.75 Å². The topological polar surface area (TPSA) is 54.5 Å². The number of piperidine rings is 1. The van der Waals surface area contributed by atoms with Crippen LogP contribution in [0.5, 0.6) is 5.75 Å². The number of aromatic nitrogens is 1. The van der Waals surface area contributed by atoms with E-state index in [4.69, 9.17) is 27.9 Å². The molecule has 4 rings (SSSR count). The van der Waals surface area contributed by atoms with Crippen LogP contribution in [0.1, 0.15) is 28.8 Å². The Labute approximate surface area is 221 Å². The maximum Gasteiger partial charge on any atom is 0.251 e. The number of hydrogen-bond donors (Lipinski definition) is 1. The molecular formula is C27H29Cl2N3O2S. The van der Waals surface area contributed by atoms with Gasteiger partial charge in [0.05, 0.1) is 6.61 Å². The monoisotopic (exact) mass is 529 g/mol. The van der Waals surface area contributed by atoms with Gasteiger partial charge >= 0.3 is 0 Å². The van der Waals surface area contributed by atoms with Crippen molar-refractivity contribution in [1.82, 2.24) is 10.3 Å². The second kappa shape index (κ2) is 12.5. The molecule has 1 aromatic heterocycles. The molecule has 1 N–H and O–H groups in total. The normalized spacial score (nSPS) is 14.1. The smallest absolute Gasteiger partial charge is 0.251 e. The quantitative estimate of drug-likeness (QED) is 0.326. The third kappa shape index (κ3) is 7.06. The standard InChI is InChI=1S/C27H29Cl2N3O2S/c1-35-26-5-3-21(16-25(26)34-15-10-20-2-4-22(28)17-24(20)29)27(33)31-18-19-8-13-32(14-9-19)23-6-11-30-12-7-23/h2-7,11-12,16-17,19H,8-10,13-15,18H2,1H3,(H,31,33). The SMILES string of the molecule is CSc1ccc(C(=O)NCC2CCN(c3ccncc3)CC2)cc1OCCc1ccc(Cl)cc1Cl. The van der Waals surface area contributed by atoms with Crippen molar-refractivity contribution in [1.29, 1.82) is 0 Å². The molecule has 5 nitrogen and oxygen atoms in total. The van der Waals surface area contributed by atoms with Crippen molar-refractivity contribution in [2.24, 2.45) is 5.92 Å². The molecule has 1 amide bonds. The molecule has 1 aliphatic rings. The number of ether oxygens (including phenoxy) is 1. The molecule has 0 saturated carbocycles. The van der Waals surface area contributed by atoms with Crippen LogP contribution in [0.4, 0.5) is 5.69 Å². The van der Waals surface area contributed by atoms with Crippen LogP contribution < -0.4 is 15.0 Å². The van der Waals surface area contributed by atoms with Crippen molar-refractivity contribution in [3.63, 3.8) is 0 Å². The molecule has 184 valence electrons. The van der Waals surface area contributed by atoms with Crippen LogP contribution in [0.25, 0.3) is 0 Å². The number of nitrogens with zero attached hydrogens (tertiary/aromatic N) is 2. The Balaban J connectivity index is 1.29. The first-order chi connectivity index (χ1) is 17.0. The van der Waals surface area contributed by atoms with Gasteiger partial charge in [-0.2, -0.15) is 0 Å². The molecule has 2 heterocycles. The van der Waals surface area contributed by atoms with Gasteiger partial charge < -0.3 is 15.0 Å². The fourth-order valence-electron chi connectivity index (χ4n) is 4.22. The Kier molecular flexibility index (Phi) is 9.18. The fourth-order valence-corrected chi connectivity index (χ4v) is 5.24. The Morgan fingerprint density at radius 1 is 1.11 bits per heavy atom. The number of hydrogen-bond acceptors (Lipinski definition) is 5. The molecule has 1 fully saturated rings. The van der Waals surface area contributed by atoms with E-state index in [2.05, 4.69) is 15.2 Å². The molecule has 0 radical (unpaired) electrons. The molecule has 3 aromatic rings. The zero-order valence-electron chi connectivity index (χ0n) is 19.7. The van der Waals surface area contributed by atoms with Gasteiger partial charge in [-0.25, -0.2) is 0 Å². The third-order valence-corrected chi connectivity index (χ3v) is 7.63. The molecule has 8 heteroatoms. The van der Waals surface area contributed by atoms with Gasteiger partial charge in [-0.15, -0.1) is 11.8 Å². The Morgan fingerprint density at radius 2 is 1.89 bits per heavy atom. The van der Waals surface area contributed by atoms with E-state index < -0.39 is 0 Å². The van der Waals surface area contributed by atoms with Crippen molar-refractivity contribution in [2.45, 2.75) is 24.2 Å². The summed E-state index contributed by atoms with van der Waals surface area (Å²) in [4.78, 5) is 20.3. The zero-order valence-corrected chi connectivity index (χ0v) is 22.0. The van der Waals surface area contributed by atoms with Crippen molar-refractivity contribution < 1.29 is 9.53 Å². The number of nitrogens with one attached hydrogen (secondary N) is 1. The summed E-state index contributed by atoms with van der Waals surface area (Å²) in [6.45, 7) is 3.11. The van der Waals surface area contributed by atoms with Crippen LogP contribution in [0.15, 0.2) is 65.8 Å². The highest BCUT2D eigenvalue weighted by atomic mass is 35.5. The van der Waals surface area contributed by atoms with Crippen LogP contribution in [-0.4, -0.2) is 43.4 Å². The zero-order chi connectivity index (χ0) is 24.6. The number of rotatable bonds is 9. The van der Waals surface area contributed by atoms with E-state index in [1.54, 1.807) is 17.8 Å². The average Bonchev–Trinajstić information content (AvgIpc) is 2.89. The molecule has 0 aliphatic carbocycles. The first-order valence-corrected chi connectivity index (χ1v) is 13.7. The summed E-state index contributed by atoms with van der Waals surface area (Å²) in [6.07, 6.45) is 8.41. The summed E-state index contributed by atoms with van der Waals surface area (Å²) in [7, 11) is 0. The summed E-state index contributed by atoms with van der Waals surface area (Å²) in [5.41, 5.74) is 2.80. The Morgan fingerprint density at radius 3 is 2.60 bits per heavy atom. The highest BCUT2D eigenvalue weighted by molar-refractivity contribution is 7.98. The van der Waals surface area contributed by atoms with Crippen molar-refractivity contribution >= 4 is 46.6 Å². The molecule has 0 atom stereocenters. The number of carbonyl (C=O) groups excluding carboxylic acids is 1. The number of carbonyl (C=O) groups is 1. The van der Waals surface area contributed by atoms with E-state index in [9.17, 15) is 4.79 Å². The molecular weight excluding hydrogens is 501 g/mol. The molecule has 1 aliphatic heterocycles. The van der Waals surface area contributed by atoms with Gasteiger partial charge in [0.15, 0.2) is 0 Å². The number of amides is 1. The number of pyridine rings is 1. The minimum absolute atomic E-state index is 0.0696. The largest absolute Gasteiger partial charge is 0.492 e. The first-order valence-electron chi connectivity index (χ1n) is 11.7. The van der Waals surface area contributed by atoms with Crippen LogP contribution in [0.2, 0.25) is 10.0 Å². The third-order valence-electron chi connectivity index (χ3n) is 6.26. The minimum atomic E-state index is -0.0696. The van der Waals surface area contributed by atoms with Crippen molar-refractivity contribution in [3.8, 4) is 5.75 Å². The van der Waals surface area contributed by atoms with Gasteiger partial charge in [0, 0.05) is 64.6 Å². The summed E-state index contributed by atoms with van der Waals surface area (Å²) >= 11 is 13.8.